The summed E-state index contributed by atoms with van der Waals surface area (Å²) in [7, 11) is 1.66. The molecular weight excluding hydrogens is 494 g/mol. The second kappa shape index (κ2) is 7.94. The molecule has 32 heavy (non-hydrogen) atoms. The molecule has 0 aliphatic carbocycles. The second-order valence-corrected chi connectivity index (χ2v) is 9.60. The minimum Gasteiger partial charge on any atom is -0.312 e. The Morgan fingerprint density at radius 2 is 1.75 bits per heavy atom. The molecule has 0 fully saturated rings. The highest BCUT2D eigenvalue weighted by Crippen LogP contribution is 2.33. The van der Waals surface area contributed by atoms with Gasteiger partial charge in [-0.2, -0.15) is 4.98 Å². The molecule has 0 amide bonds. The molecule has 3 heterocycles. The Labute approximate surface area is 197 Å². The van der Waals surface area contributed by atoms with Crippen molar-refractivity contribution in [3.8, 4) is 0 Å². The molecule has 0 bridgehead atoms. The lowest BCUT2D eigenvalue weighted by atomic mass is 10.1. The number of benzene rings is 2. The van der Waals surface area contributed by atoms with Crippen molar-refractivity contribution in [2.75, 3.05) is 11.4 Å². The normalized spacial score (nSPS) is 15.9. The van der Waals surface area contributed by atoms with Crippen LogP contribution in [-0.4, -0.2) is 25.2 Å². The van der Waals surface area contributed by atoms with Crippen molar-refractivity contribution in [3.05, 3.63) is 84.4 Å². The van der Waals surface area contributed by atoms with E-state index in [0.717, 1.165) is 22.3 Å². The van der Waals surface area contributed by atoms with Gasteiger partial charge in [0.1, 0.15) is 0 Å². The first-order chi connectivity index (χ1) is 15.3. The van der Waals surface area contributed by atoms with Crippen LogP contribution in [0, 0.1) is 5.92 Å². The van der Waals surface area contributed by atoms with Crippen molar-refractivity contribution in [2.45, 2.75) is 20.0 Å². The predicted octanol–water partition coefficient (Wildman–Crippen LogP) is 4.15. The zero-order valence-corrected chi connectivity index (χ0v) is 20.0. The van der Waals surface area contributed by atoms with Crippen LogP contribution in [0.15, 0.2) is 62.6 Å². The number of hydrogen-bond acceptors (Lipinski definition) is 4. The largest absolute Gasteiger partial charge is 0.332 e. The van der Waals surface area contributed by atoms with Gasteiger partial charge in [0.05, 0.1) is 6.54 Å². The molecule has 0 saturated heterocycles. The molecule has 1 aliphatic rings. The average molecular weight is 515 g/mol. The maximum Gasteiger partial charge on any atom is 0.332 e. The Balaban J connectivity index is 1.70. The zero-order chi connectivity index (χ0) is 22.6. The van der Waals surface area contributed by atoms with E-state index in [-0.39, 0.29) is 12.1 Å². The number of rotatable bonds is 3. The molecular formula is C23H21BrClN5O2. The van der Waals surface area contributed by atoms with Gasteiger partial charge < -0.3 is 9.47 Å². The first kappa shape index (κ1) is 21.0. The van der Waals surface area contributed by atoms with E-state index in [9.17, 15) is 9.59 Å². The van der Waals surface area contributed by atoms with Gasteiger partial charge in [0.2, 0.25) is 5.95 Å². The Bertz CT molecular complexity index is 1440. The molecule has 5 rings (SSSR count). The third kappa shape index (κ3) is 3.47. The maximum absolute atomic E-state index is 13.5. The molecule has 7 nitrogen and oxygen atoms in total. The van der Waals surface area contributed by atoms with Gasteiger partial charge in [-0.15, -0.1) is 0 Å². The van der Waals surface area contributed by atoms with Gasteiger partial charge in [0, 0.05) is 35.3 Å². The van der Waals surface area contributed by atoms with Gasteiger partial charge in [0.15, 0.2) is 11.2 Å². The average Bonchev–Trinajstić information content (AvgIpc) is 3.16. The molecule has 0 spiro atoms. The van der Waals surface area contributed by atoms with Crippen LogP contribution in [0.1, 0.15) is 12.5 Å². The fourth-order valence-electron chi connectivity index (χ4n) is 4.26. The predicted molar refractivity (Wildman–Crippen MR) is 130 cm³/mol. The summed E-state index contributed by atoms with van der Waals surface area (Å²) in [5.41, 5.74) is 1.94. The topological polar surface area (TPSA) is 65.1 Å². The fourth-order valence-corrected chi connectivity index (χ4v) is 4.65. The smallest absolute Gasteiger partial charge is 0.312 e. The summed E-state index contributed by atoms with van der Waals surface area (Å²) in [4.78, 5) is 33.5. The lowest BCUT2D eigenvalue weighted by molar-refractivity contribution is 0.458. The Kier molecular flexibility index (Phi) is 5.22. The van der Waals surface area contributed by atoms with Crippen LogP contribution in [0.4, 0.5) is 11.6 Å². The minimum atomic E-state index is -0.392. The van der Waals surface area contributed by atoms with Crippen molar-refractivity contribution >= 4 is 50.3 Å². The number of nitrogens with zero attached hydrogens (tertiary/aromatic N) is 5. The molecule has 0 N–H and O–H groups in total. The molecule has 164 valence electrons. The Morgan fingerprint density at radius 1 is 1.06 bits per heavy atom. The van der Waals surface area contributed by atoms with Gasteiger partial charge in [-0.25, -0.2) is 4.79 Å². The molecule has 1 aliphatic heterocycles. The molecule has 4 aromatic rings. The summed E-state index contributed by atoms with van der Waals surface area (Å²) < 4.78 is 5.67. The van der Waals surface area contributed by atoms with E-state index < -0.39 is 5.69 Å². The maximum atomic E-state index is 13.5. The Morgan fingerprint density at radius 3 is 2.44 bits per heavy atom. The summed E-state index contributed by atoms with van der Waals surface area (Å²) in [6.45, 7) is 3.76. The summed E-state index contributed by atoms with van der Waals surface area (Å²) in [6, 6.07) is 15.1. The lowest BCUT2D eigenvalue weighted by Gasteiger charge is -2.33. The number of aromatic nitrogens is 4. The van der Waals surface area contributed by atoms with E-state index >= 15 is 0 Å². The first-order valence-corrected chi connectivity index (χ1v) is 11.5. The monoisotopic (exact) mass is 513 g/mol. The molecule has 2 aromatic heterocycles. The number of halogens is 2. The zero-order valence-electron chi connectivity index (χ0n) is 17.6. The van der Waals surface area contributed by atoms with E-state index in [1.807, 2.05) is 41.0 Å². The van der Waals surface area contributed by atoms with Crippen molar-refractivity contribution in [2.24, 2.45) is 13.0 Å². The third-order valence-corrected chi connectivity index (χ3v) is 6.62. The summed E-state index contributed by atoms with van der Waals surface area (Å²) >= 11 is 9.46. The van der Waals surface area contributed by atoms with Crippen molar-refractivity contribution in [3.63, 3.8) is 0 Å². The molecule has 0 saturated carbocycles. The van der Waals surface area contributed by atoms with Gasteiger partial charge in [-0.1, -0.05) is 46.6 Å². The van der Waals surface area contributed by atoms with Crippen LogP contribution in [0.5, 0.6) is 0 Å². The van der Waals surface area contributed by atoms with E-state index in [4.69, 9.17) is 16.6 Å². The highest BCUT2D eigenvalue weighted by molar-refractivity contribution is 9.10. The van der Waals surface area contributed by atoms with Gasteiger partial charge >= 0.3 is 5.69 Å². The van der Waals surface area contributed by atoms with E-state index in [1.165, 1.54) is 9.13 Å². The summed E-state index contributed by atoms with van der Waals surface area (Å²) in [5, 5.41) is 0.608. The van der Waals surface area contributed by atoms with Gasteiger partial charge in [-0.05, 0) is 47.9 Å². The van der Waals surface area contributed by atoms with Crippen LogP contribution < -0.4 is 16.1 Å². The molecule has 1 atom stereocenters. The quantitative estimate of drug-likeness (QED) is 0.412. The van der Waals surface area contributed by atoms with Crippen LogP contribution in [-0.2, 0) is 20.1 Å². The SMILES string of the molecule is C[C@@H]1CN(c2ccc(Br)cc2)c2nc3c(c(=O)n(Cc4ccc(Cl)cc4)c(=O)n3C)n2C1. The number of hydrogen-bond donors (Lipinski definition) is 0. The number of aryl methyl sites for hydroxylation is 1. The number of fused-ring (bicyclic) bond motifs is 3. The van der Waals surface area contributed by atoms with Gasteiger partial charge in [0.25, 0.3) is 5.56 Å². The van der Waals surface area contributed by atoms with Crippen molar-refractivity contribution in [1.29, 1.82) is 0 Å². The van der Waals surface area contributed by atoms with Crippen LogP contribution in [0.2, 0.25) is 5.02 Å². The second-order valence-electron chi connectivity index (χ2n) is 8.25. The molecule has 0 unspecified atom stereocenters. The van der Waals surface area contributed by atoms with E-state index in [2.05, 4.69) is 27.8 Å². The third-order valence-electron chi connectivity index (χ3n) is 5.83. The van der Waals surface area contributed by atoms with Gasteiger partial charge in [-0.3, -0.25) is 13.9 Å². The standard InChI is InChI=1S/C23H21BrClN5O2/c1-14-11-28(18-9-5-16(24)6-10-18)22-26-20-19(29(22)12-14)21(31)30(23(32)27(20)2)13-15-3-7-17(25)8-4-15/h3-10,14H,11-13H2,1-2H3/t14-/m1/s1. The highest BCUT2D eigenvalue weighted by atomic mass is 79.9. The molecule has 2 aromatic carbocycles. The summed E-state index contributed by atoms with van der Waals surface area (Å²) in [5.74, 6) is 0.974. The highest BCUT2D eigenvalue weighted by Gasteiger charge is 2.29. The molecule has 9 heteroatoms. The lowest BCUT2D eigenvalue weighted by Crippen LogP contribution is -2.40. The molecule has 0 radical (unpaired) electrons. The van der Waals surface area contributed by atoms with Crippen LogP contribution >= 0.6 is 27.5 Å². The number of imidazole rings is 1. The fraction of sp³-hybridized carbons (Fsp3) is 0.261. The summed E-state index contributed by atoms with van der Waals surface area (Å²) in [6.07, 6.45) is 0. The Hall–Kier alpha value is -2.84. The number of anilines is 2. The van der Waals surface area contributed by atoms with Crippen LogP contribution in [0.3, 0.4) is 0 Å². The van der Waals surface area contributed by atoms with E-state index in [1.54, 1.807) is 19.2 Å². The first-order valence-electron chi connectivity index (χ1n) is 10.3. The van der Waals surface area contributed by atoms with Crippen molar-refractivity contribution < 1.29 is 0 Å². The van der Waals surface area contributed by atoms with Crippen molar-refractivity contribution in [1.82, 2.24) is 18.7 Å². The van der Waals surface area contributed by atoms with E-state index in [0.29, 0.717) is 34.6 Å². The van der Waals surface area contributed by atoms with Crippen LogP contribution in [0.25, 0.3) is 11.2 Å². The minimum absolute atomic E-state index is 0.172.